The van der Waals surface area contributed by atoms with Crippen molar-refractivity contribution in [1.82, 2.24) is 24.5 Å². The molecule has 2 aliphatic rings. The number of urea groups is 1. The zero-order valence-corrected chi connectivity index (χ0v) is 19.1. The Morgan fingerprint density at radius 3 is 2.57 bits per heavy atom. The van der Waals surface area contributed by atoms with Crippen molar-refractivity contribution >= 4 is 23.3 Å². The second-order valence-electron chi connectivity index (χ2n) is 9.08. The van der Waals surface area contributed by atoms with E-state index in [9.17, 15) is 9.59 Å². The molecule has 0 atom stereocenters. The third-order valence-electron chi connectivity index (χ3n) is 6.36. The standard InChI is InChI=1S/C22H31N5O2S/c1-16(2)27-13-18-12-26(19(28)11-17-5-10-30-14-17)15-22(20(18)23-27)6-8-25(9-7-22)21(29)24(3)4/h5,10,13-14,16H,6-9,11-12,15H2,1-4H3. The molecule has 1 fully saturated rings. The molecule has 0 saturated carbocycles. The van der Waals surface area contributed by atoms with E-state index >= 15 is 0 Å². The zero-order valence-electron chi connectivity index (χ0n) is 18.3. The third-order valence-corrected chi connectivity index (χ3v) is 7.09. The summed E-state index contributed by atoms with van der Waals surface area (Å²) in [6, 6.07) is 2.35. The monoisotopic (exact) mass is 429 g/mol. The van der Waals surface area contributed by atoms with Crippen LogP contribution in [0, 0.1) is 0 Å². The number of rotatable bonds is 3. The first kappa shape index (κ1) is 20.9. The van der Waals surface area contributed by atoms with Gasteiger partial charge in [0.2, 0.25) is 5.91 Å². The maximum Gasteiger partial charge on any atom is 0.319 e. The predicted molar refractivity (Wildman–Crippen MR) is 118 cm³/mol. The molecule has 0 unspecified atom stereocenters. The highest BCUT2D eigenvalue weighted by Gasteiger charge is 2.46. The van der Waals surface area contributed by atoms with E-state index in [0.29, 0.717) is 32.6 Å². The van der Waals surface area contributed by atoms with Crippen LogP contribution in [0.3, 0.4) is 0 Å². The largest absolute Gasteiger partial charge is 0.337 e. The summed E-state index contributed by atoms with van der Waals surface area (Å²) in [4.78, 5) is 31.1. The first-order valence-electron chi connectivity index (χ1n) is 10.6. The van der Waals surface area contributed by atoms with Gasteiger partial charge in [0.05, 0.1) is 12.1 Å². The van der Waals surface area contributed by atoms with Crippen LogP contribution in [-0.4, -0.2) is 70.1 Å². The van der Waals surface area contributed by atoms with Crippen LogP contribution in [-0.2, 0) is 23.2 Å². The number of thiophene rings is 1. The topological polar surface area (TPSA) is 61.7 Å². The molecule has 3 amide bonds. The molecule has 30 heavy (non-hydrogen) atoms. The molecule has 2 aliphatic heterocycles. The Hall–Kier alpha value is -2.35. The molecular formula is C22H31N5O2S. The Labute approximate surface area is 182 Å². The zero-order chi connectivity index (χ0) is 21.5. The van der Waals surface area contributed by atoms with Gasteiger partial charge in [-0.25, -0.2) is 4.79 Å². The smallest absolute Gasteiger partial charge is 0.319 e. The maximum absolute atomic E-state index is 13.1. The number of fused-ring (bicyclic) bond motifs is 2. The molecular weight excluding hydrogens is 398 g/mol. The normalized spacial score (nSPS) is 18.0. The number of amides is 3. The maximum atomic E-state index is 13.1. The van der Waals surface area contributed by atoms with Crippen LogP contribution < -0.4 is 0 Å². The Morgan fingerprint density at radius 2 is 1.97 bits per heavy atom. The molecule has 162 valence electrons. The fraction of sp³-hybridized carbons (Fsp3) is 0.591. The second-order valence-corrected chi connectivity index (χ2v) is 9.86. The molecule has 0 bridgehead atoms. The van der Waals surface area contributed by atoms with E-state index < -0.39 is 0 Å². The molecule has 1 spiro atoms. The van der Waals surface area contributed by atoms with Crippen molar-refractivity contribution in [3.8, 4) is 0 Å². The Bertz CT molecular complexity index is 910. The highest BCUT2D eigenvalue weighted by molar-refractivity contribution is 7.08. The van der Waals surface area contributed by atoms with Gasteiger partial charge in [-0.05, 0) is 49.1 Å². The summed E-state index contributed by atoms with van der Waals surface area (Å²) in [5, 5.41) is 9.03. The quantitative estimate of drug-likeness (QED) is 0.753. The Morgan fingerprint density at radius 1 is 1.23 bits per heavy atom. The fourth-order valence-corrected chi connectivity index (χ4v) is 5.29. The number of carbonyl (C=O) groups excluding carboxylic acids is 2. The lowest BCUT2D eigenvalue weighted by atomic mass is 9.72. The molecule has 2 aromatic rings. The molecule has 0 radical (unpaired) electrons. The lowest BCUT2D eigenvalue weighted by Crippen LogP contribution is -2.55. The number of nitrogens with zero attached hydrogens (tertiary/aromatic N) is 5. The van der Waals surface area contributed by atoms with E-state index in [0.717, 1.165) is 29.7 Å². The van der Waals surface area contributed by atoms with Gasteiger partial charge in [0.25, 0.3) is 0 Å². The van der Waals surface area contributed by atoms with Crippen molar-refractivity contribution in [2.45, 2.75) is 51.1 Å². The summed E-state index contributed by atoms with van der Waals surface area (Å²) in [5.74, 6) is 0.169. The molecule has 0 aliphatic carbocycles. The number of aromatic nitrogens is 2. The van der Waals surface area contributed by atoms with Crippen LogP contribution in [0.4, 0.5) is 4.79 Å². The summed E-state index contributed by atoms with van der Waals surface area (Å²) >= 11 is 1.62. The highest BCUT2D eigenvalue weighted by atomic mass is 32.1. The van der Waals surface area contributed by atoms with Gasteiger partial charge in [-0.1, -0.05) is 0 Å². The number of likely N-dealkylation sites (tertiary alicyclic amines) is 1. The molecule has 1 saturated heterocycles. The minimum absolute atomic E-state index is 0.0546. The van der Waals surface area contributed by atoms with Gasteiger partial charge >= 0.3 is 6.03 Å². The minimum Gasteiger partial charge on any atom is -0.337 e. The number of carbonyl (C=O) groups is 2. The molecule has 0 aromatic carbocycles. The number of piperidine rings is 1. The minimum atomic E-state index is -0.179. The fourth-order valence-electron chi connectivity index (χ4n) is 4.62. The third kappa shape index (κ3) is 3.85. The first-order valence-corrected chi connectivity index (χ1v) is 11.6. The van der Waals surface area contributed by atoms with Crippen LogP contribution >= 0.6 is 11.3 Å². The van der Waals surface area contributed by atoms with Crippen LogP contribution in [0.1, 0.15) is 49.6 Å². The lowest BCUT2D eigenvalue weighted by Gasteiger charge is -2.47. The van der Waals surface area contributed by atoms with Crippen LogP contribution in [0.2, 0.25) is 0 Å². The van der Waals surface area contributed by atoms with Crippen LogP contribution in [0.5, 0.6) is 0 Å². The molecule has 8 heteroatoms. The predicted octanol–water partition coefficient (Wildman–Crippen LogP) is 3.13. The van der Waals surface area contributed by atoms with Gasteiger partial charge in [0.15, 0.2) is 0 Å². The Balaban J connectivity index is 1.60. The SMILES string of the molecule is CC(C)n1cc2c(n1)C1(CCN(C(=O)N(C)C)CC1)CN(C(=O)Cc1ccsc1)C2. The van der Waals surface area contributed by atoms with Crippen molar-refractivity contribution < 1.29 is 9.59 Å². The molecule has 4 rings (SSSR count). The summed E-state index contributed by atoms with van der Waals surface area (Å²) in [6.45, 7) is 6.94. The van der Waals surface area contributed by atoms with Gasteiger partial charge in [-0.2, -0.15) is 16.4 Å². The van der Waals surface area contributed by atoms with Crippen molar-refractivity contribution in [3.05, 3.63) is 39.8 Å². The molecule has 2 aromatic heterocycles. The average Bonchev–Trinajstić information content (AvgIpc) is 3.38. The van der Waals surface area contributed by atoms with Gasteiger partial charge in [-0.15, -0.1) is 0 Å². The van der Waals surface area contributed by atoms with E-state index in [1.807, 2.05) is 31.3 Å². The van der Waals surface area contributed by atoms with Gasteiger partial charge in [-0.3, -0.25) is 9.48 Å². The highest BCUT2D eigenvalue weighted by Crippen LogP contribution is 2.41. The summed E-state index contributed by atoms with van der Waals surface area (Å²) < 4.78 is 2.02. The number of hydrogen-bond donors (Lipinski definition) is 0. The first-order chi connectivity index (χ1) is 14.3. The van der Waals surface area contributed by atoms with Gasteiger partial charge in [0, 0.05) is 63.5 Å². The van der Waals surface area contributed by atoms with E-state index in [1.54, 1.807) is 30.3 Å². The van der Waals surface area contributed by atoms with E-state index in [-0.39, 0.29) is 23.4 Å². The summed E-state index contributed by atoms with van der Waals surface area (Å²) in [6.07, 6.45) is 4.22. The van der Waals surface area contributed by atoms with Crippen LogP contribution in [0.25, 0.3) is 0 Å². The van der Waals surface area contributed by atoms with Crippen molar-refractivity contribution in [2.75, 3.05) is 33.7 Å². The van der Waals surface area contributed by atoms with E-state index in [1.165, 1.54) is 0 Å². The van der Waals surface area contributed by atoms with Crippen molar-refractivity contribution in [2.24, 2.45) is 0 Å². The lowest BCUT2D eigenvalue weighted by molar-refractivity contribution is -0.133. The van der Waals surface area contributed by atoms with E-state index in [2.05, 4.69) is 20.0 Å². The summed E-state index contributed by atoms with van der Waals surface area (Å²) in [5.41, 5.74) is 3.18. The molecule has 0 N–H and O–H groups in total. The van der Waals surface area contributed by atoms with Gasteiger partial charge < -0.3 is 14.7 Å². The second kappa shape index (κ2) is 8.06. The molecule has 4 heterocycles. The average molecular weight is 430 g/mol. The Kier molecular flexibility index (Phi) is 5.61. The van der Waals surface area contributed by atoms with Crippen LogP contribution in [0.15, 0.2) is 23.0 Å². The van der Waals surface area contributed by atoms with Gasteiger partial charge in [0.1, 0.15) is 0 Å². The van der Waals surface area contributed by atoms with Crippen molar-refractivity contribution in [3.63, 3.8) is 0 Å². The number of hydrogen-bond acceptors (Lipinski definition) is 4. The summed E-state index contributed by atoms with van der Waals surface area (Å²) in [7, 11) is 3.58. The van der Waals surface area contributed by atoms with Crippen molar-refractivity contribution in [1.29, 1.82) is 0 Å². The van der Waals surface area contributed by atoms with E-state index in [4.69, 9.17) is 5.10 Å². The molecule has 7 nitrogen and oxygen atoms in total.